The summed E-state index contributed by atoms with van der Waals surface area (Å²) in [4.78, 5) is 43.6. The van der Waals surface area contributed by atoms with E-state index in [0.29, 0.717) is 36.6 Å². The van der Waals surface area contributed by atoms with E-state index >= 15 is 0 Å². The first-order valence-corrected chi connectivity index (χ1v) is 12.7. The Kier molecular flexibility index (Phi) is 7.94. The molecule has 0 radical (unpaired) electrons. The van der Waals surface area contributed by atoms with Crippen molar-refractivity contribution in [2.75, 3.05) is 32.7 Å². The fourth-order valence-electron chi connectivity index (χ4n) is 4.50. The minimum absolute atomic E-state index is 0.0440. The molecule has 1 N–H and O–H groups in total. The maximum absolute atomic E-state index is 13.1. The van der Waals surface area contributed by atoms with Crippen molar-refractivity contribution >= 4 is 24.0 Å². The van der Waals surface area contributed by atoms with Gasteiger partial charge in [0, 0.05) is 44.2 Å². The second kappa shape index (κ2) is 11.1. The van der Waals surface area contributed by atoms with Crippen molar-refractivity contribution < 1.29 is 19.1 Å². The van der Waals surface area contributed by atoms with E-state index in [4.69, 9.17) is 4.74 Å². The zero-order chi connectivity index (χ0) is 25.8. The Morgan fingerprint density at radius 2 is 1.78 bits per heavy atom. The molecule has 0 aromatic heterocycles. The van der Waals surface area contributed by atoms with Crippen LogP contribution in [0.3, 0.4) is 0 Å². The molecule has 0 spiro atoms. The minimum atomic E-state index is -0.458. The highest BCUT2D eigenvalue weighted by Crippen LogP contribution is 2.37. The molecule has 1 aromatic rings. The van der Waals surface area contributed by atoms with Crippen LogP contribution in [0.15, 0.2) is 54.4 Å². The summed E-state index contributed by atoms with van der Waals surface area (Å²) in [5.41, 5.74) is 2.65. The Bertz CT molecular complexity index is 1070. The second-order valence-electron chi connectivity index (χ2n) is 9.90. The predicted molar refractivity (Wildman–Crippen MR) is 139 cm³/mol. The Morgan fingerprint density at radius 1 is 1.11 bits per heavy atom. The van der Waals surface area contributed by atoms with Crippen LogP contribution in [-0.2, 0) is 9.53 Å². The summed E-state index contributed by atoms with van der Waals surface area (Å²) in [6.45, 7) is 13.1. The molecule has 4 rings (SSSR count). The number of carbonyl (C=O) groups excluding carboxylic acids is 3. The van der Waals surface area contributed by atoms with Gasteiger partial charge in [-0.25, -0.2) is 4.79 Å². The highest BCUT2D eigenvalue weighted by atomic mass is 16.6. The zero-order valence-corrected chi connectivity index (χ0v) is 21.4. The van der Waals surface area contributed by atoms with Gasteiger partial charge in [0.15, 0.2) is 0 Å². The van der Waals surface area contributed by atoms with Gasteiger partial charge in [-0.05, 0) is 57.4 Å². The van der Waals surface area contributed by atoms with E-state index in [2.05, 4.69) is 11.9 Å². The molecule has 2 heterocycles. The third-order valence-corrected chi connectivity index (χ3v) is 6.59. The average Bonchev–Trinajstić information content (AvgIpc) is 3.71. The zero-order valence-electron chi connectivity index (χ0n) is 21.4. The number of piperazine rings is 2. The lowest BCUT2D eigenvalue weighted by Crippen LogP contribution is -2.53. The molecular formula is C28H36N4O4. The number of carbonyl (C=O) groups is 3. The molecule has 3 amide bonds. The monoisotopic (exact) mass is 492 g/mol. The standard InChI is InChI=1S/C28H36N4O4/c1-19(2)36-28(35)31-18-20(3)32(27(34)24-12-13-24)25(21(31)4)7-5-6-22-8-10-23(11-9-22)26(33)30-16-14-29-15-17-30/h5-11,19-20,24,29H,4,12-18H2,1-3H3/b6-5+,25-7+/t20-/m0/s1. The van der Waals surface area contributed by atoms with Crippen molar-refractivity contribution in [2.45, 2.75) is 45.8 Å². The molecule has 8 heteroatoms. The second-order valence-corrected chi connectivity index (χ2v) is 9.90. The number of nitrogens with one attached hydrogen (secondary N) is 1. The van der Waals surface area contributed by atoms with Crippen molar-refractivity contribution in [1.29, 1.82) is 0 Å². The summed E-state index contributed by atoms with van der Waals surface area (Å²) in [7, 11) is 0. The maximum Gasteiger partial charge on any atom is 0.414 e. The molecule has 3 fully saturated rings. The highest BCUT2D eigenvalue weighted by Gasteiger charge is 2.42. The molecule has 8 nitrogen and oxygen atoms in total. The SMILES string of the molecule is C=C1/C(=C\C=C\c2ccc(C(=O)N3CCNCC3)cc2)N(C(=O)C2CC2)[C@@H](C)CN1C(=O)OC(C)C. The van der Waals surface area contributed by atoms with Crippen LogP contribution in [0.2, 0.25) is 0 Å². The summed E-state index contributed by atoms with van der Waals surface area (Å²) < 4.78 is 5.40. The minimum Gasteiger partial charge on any atom is -0.446 e. The molecule has 36 heavy (non-hydrogen) atoms. The third-order valence-electron chi connectivity index (χ3n) is 6.59. The van der Waals surface area contributed by atoms with Gasteiger partial charge in [0.05, 0.1) is 23.5 Å². The quantitative estimate of drug-likeness (QED) is 0.679. The lowest BCUT2D eigenvalue weighted by atomic mass is 10.1. The van der Waals surface area contributed by atoms with Gasteiger partial charge >= 0.3 is 6.09 Å². The highest BCUT2D eigenvalue weighted by molar-refractivity contribution is 5.94. The first-order chi connectivity index (χ1) is 17.3. The van der Waals surface area contributed by atoms with Gasteiger partial charge in [-0.15, -0.1) is 0 Å². The van der Waals surface area contributed by atoms with Crippen LogP contribution < -0.4 is 5.32 Å². The maximum atomic E-state index is 13.1. The summed E-state index contributed by atoms with van der Waals surface area (Å²) in [5.74, 6) is 0.169. The summed E-state index contributed by atoms with van der Waals surface area (Å²) >= 11 is 0. The number of ether oxygens (including phenoxy) is 1. The van der Waals surface area contributed by atoms with E-state index in [9.17, 15) is 14.4 Å². The molecule has 3 aliphatic rings. The Morgan fingerprint density at radius 3 is 2.39 bits per heavy atom. The summed E-state index contributed by atoms with van der Waals surface area (Å²) in [5, 5.41) is 3.25. The van der Waals surface area contributed by atoms with Crippen LogP contribution in [0, 0.1) is 5.92 Å². The summed E-state index contributed by atoms with van der Waals surface area (Å²) in [6, 6.07) is 7.29. The average molecular weight is 493 g/mol. The number of nitrogens with zero attached hydrogens (tertiary/aromatic N) is 3. The third kappa shape index (κ3) is 5.87. The smallest absolute Gasteiger partial charge is 0.414 e. The molecule has 1 saturated carbocycles. The molecule has 0 unspecified atom stereocenters. The van der Waals surface area contributed by atoms with Gasteiger partial charge in [-0.3, -0.25) is 14.5 Å². The van der Waals surface area contributed by atoms with E-state index < -0.39 is 6.09 Å². The van der Waals surface area contributed by atoms with Gasteiger partial charge in [-0.2, -0.15) is 0 Å². The Balaban J connectivity index is 1.52. The normalized spacial score (nSPS) is 22.0. The first-order valence-electron chi connectivity index (χ1n) is 12.7. The molecule has 2 saturated heterocycles. The van der Waals surface area contributed by atoms with Gasteiger partial charge in [-0.1, -0.05) is 30.9 Å². The molecular weight excluding hydrogens is 456 g/mol. The molecule has 2 aliphatic heterocycles. The van der Waals surface area contributed by atoms with Gasteiger partial charge in [0.2, 0.25) is 5.91 Å². The van der Waals surface area contributed by atoms with E-state index in [0.717, 1.165) is 31.5 Å². The topological polar surface area (TPSA) is 82.2 Å². The molecule has 0 bridgehead atoms. The molecule has 1 aromatic carbocycles. The van der Waals surface area contributed by atoms with Crippen LogP contribution >= 0.6 is 0 Å². The fraction of sp³-hybridized carbons (Fsp3) is 0.464. The molecule has 192 valence electrons. The molecule has 1 atom stereocenters. The lowest BCUT2D eigenvalue weighted by Gasteiger charge is -2.42. The Hall–Kier alpha value is -3.39. The van der Waals surface area contributed by atoms with Crippen LogP contribution in [-0.4, -0.2) is 77.5 Å². The van der Waals surface area contributed by atoms with Gasteiger partial charge in [0.25, 0.3) is 5.91 Å². The predicted octanol–water partition coefficient (Wildman–Crippen LogP) is 3.63. The van der Waals surface area contributed by atoms with E-state index in [1.807, 2.05) is 54.3 Å². The first kappa shape index (κ1) is 25.7. The number of allylic oxidation sites excluding steroid dienone is 2. The van der Waals surface area contributed by atoms with E-state index in [-0.39, 0.29) is 29.9 Å². The van der Waals surface area contributed by atoms with Crippen LogP contribution in [0.1, 0.15) is 49.5 Å². The number of hydrogen-bond acceptors (Lipinski definition) is 5. The number of rotatable bonds is 5. The van der Waals surface area contributed by atoms with Crippen molar-refractivity contribution in [3.8, 4) is 0 Å². The van der Waals surface area contributed by atoms with Crippen molar-refractivity contribution in [3.05, 3.63) is 65.5 Å². The van der Waals surface area contributed by atoms with E-state index in [1.165, 1.54) is 4.90 Å². The van der Waals surface area contributed by atoms with Crippen LogP contribution in [0.25, 0.3) is 6.08 Å². The van der Waals surface area contributed by atoms with Crippen molar-refractivity contribution in [1.82, 2.24) is 20.0 Å². The summed E-state index contributed by atoms with van der Waals surface area (Å²) in [6.07, 6.45) is 6.68. The number of amides is 3. The van der Waals surface area contributed by atoms with Gasteiger partial charge < -0.3 is 19.9 Å². The van der Waals surface area contributed by atoms with Crippen molar-refractivity contribution in [2.24, 2.45) is 5.92 Å². The van der Waals surface area contributed by atoms with Gasteiger partial charge in [0.1, 0.15) is 0 Å². The Labute approximate surface area is 213 Å². The number of hydrogen-bond donors (Lipinski definition) is 1. The molecule has 1 aliphatic carbocycles. The number of benzene rings is 1. The lowest BCUT2D eigenvalue weighted by molar-refractivity contribution is -0.133. The van der Waals surface area contributed by atoms with Crippen molar-refractivity contribution in [3.63, 3.8) is 0 Å². The van der Waals surface area contributed by atoms with Crippen LogP contribution in [0.4, 0.5) is 4.79 Å². The fourth-order valence-corrected chi connectivity index (χ4v) is 4.50. The van der Waals surface area contributed by atoms with Crippen LogP contribution in [0.5, 0.6) is 0 Å². The largest absolute Gasteiger partial charge is 0.446 e. The van der Waals surface area contributed by atoms with E-state index in [1.54, 1.807) is 18.7 Å².